The number of amides is 1. The summed E-state index contributed by atoms with van der Waals surface area (Å²) in [6.45, 7) is 2.53. The van der Waals surface area contributed by atoms with Gasteiger partial charge in [0.1, 0.15) is 5.75 Å². The van der Waals surface area contributed by atoms with Gasteiger partial charge in [-0.15, -0.1) is 0 Å². The molecule has 7 heteroatoms. The van der Waals surface area contributed by atoms with E-state index < -0.39 is 16.1 Å². The van der Waals surface area contributed by atoms with Crippen LogP contribution in [-0.2, 0) is 14.8 Å². The number of carbonyl (C=O) groups excluding carboxylic acids is 1. The fourth-order valence-corrected chi connectivity index (χ4v) is 2.58. The molecule has 1 aromatic carbocycles. The van der Waals surface area contributed by atoms with Crippen molar-refractivity contribution in [3.05, 3.63) is 29.8 Å². The van der Waals surface area contributed by atoms with Gasteiger partial charge < -0.3 is 10.1 Å². The number of sulfonamides is 1. The van der Waals surface area contributed by atoms with Gasteiger partial charge in [0.25, 0.3) is 0 Å². The molecule has 0 heterocycles. The van der Waals surface area contributed by atoms with E-state index in [1.54, 1.807) is 31.4 Å². The largest absolute Gasteiger partial charge is 0.497 e. The first-order valence-electron chi connectivity index (χ1n) is 6.73. The summed E-state index contributed by atoms with van der Waals surface area (Å²) in [5.74, 6) is 0.487. The second-order valence-electron chi connectivity index (χ2n) is 4.77. The number of ether oxygens (including phenoxy) is 1. The zero-order valence-corrected chi connectivity index (χ0v) is 13.4. The van der Waals surface area contributed by atoms with E-state index in [2.05, 4.69) is 10.0 Å². The zero-order chi connectivity index (χ0) is 15.9. The molecule has 0 unspecified atom stereocenters. The highest BCUT2D eigenvalue weighted by Crippen LogP contribution is 2.21. The third-order valence-corrected chi connectivity index (χ3v) is 3.55. The van der Waals surface area contributed by atoms with E-state index in [-0.39, 0.29) is 12.3 Å². The van der Waals surface area contributed by atoms with Crippen molar-refractivity contribution in [2.45, 2.75) is 25.8 Å². The fraction of sp³-hybridized carbons (Fsp3) is 0.500. The van der Waals surface area contributed by atoms with E-state index in [0.29, 0.717) is 17.9 Å². The first-order valence-corrected chi connectivity index (χ1v) is 8.62. The molecule has 0 aliphatic rings. The molecule has 1 aromatic rings. The van der Waals surface area contributed by atoms with Crippen molar-refractivity contribution in [3.8, 4) is 5.75 Å². The molecule has 1 rings (SSSR count). The Hall–Kier alpha value is -1.60. The van der Waals surface area contributed by atoms with Crippen LogP contribution in [0.5, 0.6) is 5.75 Å². The number of benzene rings is 1. The van der Waals surface area contributed by atoms with E-state index >= 15 is 0 Å². The van der Waals surface area contributed by atoms with E-state index in [1.807, 2.05) is 6.92 Å². The minimum atomic E-state index is -3.41. The minimum Gasteiger partial charge on any atom is -0.497 e. The van der Waals surface area contributed by atoms with Crippen LogP contribution in [0.3, 0.4) is 0 Å². The summed E-state index contributed by atoms with van der Waals surface area (Å²) in [5, 5.41) is 2.74. The number of nitrogens with one attached hydrogen (secondary N) is 2. The van der Waals surface area contributed by atoms with Crippen LogP contribution < -0.4 is 14.8 Å². The summed E-state index contributed by atoms with van der Waals surface area (Å²) in [5.41, 5.74) is 0.716. The lowest BCUT2D eigenvalue weighted by molar-refractivity contribution is -0.121. The Labute approximate surface area is 125 Å². The first kappa shape index (κ1) is 17.5. The molecule has 0 aromatic heterocycles. The van der Waals surface area contributed by atoms with Crippen molar-refractivity contribution in [3.63, 3.8) is 0 Å². The van der Waals surface area contributed by atoms with Gasteiger partial charge in [0.15, 0.2) is 0 Å². The maximum Gasteiger partial charge on any atom is 0.221 e. The van der Waals surface area contributed by atoms with Gasteiger partial charge in [0.05, 0.1) is 19.4 Å². The van der Waals surface area contributed by atoms with E-state index in [1.165, 1.54) is 0 Å². The van der Waals surface area contributed by atoms with E-state index in [4.69, 9.17) is 4.74 Å². The van der Waals surface area contributed by atoms with Gasteiger partial charge in [0, 0.05) is 13.0 Å². The molecule has 0 saturated heterocycles. The smallest absolute Gasteiger partial charge is 0.221 e. The number of methoxy groups -OCH3 is 1. The minimum absolute atomic E-state index is 0.0550. The highest BCUT2D eigenvalue weighted by molar-refractivity contribution is 7.88. The van der Waals surface area contributed by atoms with Gasteiger partial charge in [0.2, 0.25) is 15.9 Å². The molecule has 1 amide bonds. The molecule has 2 N–H and O–H groups in total. The van der Waals surface area contributed by atoms with Gasteiger partial charge >= 0.3 is 0 Å². The van der Waals surface area contributed by atoms with Crippen LogP contribution in [0.15, 0.2) is 24.3 Å². The van der Waals surface area contributed by atoms with Crippen molar-refractivity contribution in [1.29, 1.82) is 0 Å². The van der Waals surface area contributed by atoms with Gasteiger partial charge in [-0.05, 0) is 24.1 Å². The molecule has 0 spiro atoms. The summed E-state index contributed by atoms with van der Waals surface area (Å²) in [7, 11) is -1.86. The lowest BCUT2D eigenvalue weighted by Gasteiger charge is -2.18. The van der Waals surface area contributed by atoms with Crippen LogP contribution in [0.2, 0.25) is 0 Å². The normalized spacial score (nSPS) is 12.7. The molecule has 0 radical (unpaired) electrons. The monoisotopic (exact) mass is 314 g/mol. The number of hydrogen-bond donors (Lipinski definition) is 2. The van der Waals surface area contributed by atoms with Crippen LogP contribution in [0, 0.1) is 0 Å². The maximum absolute atomic E-state index is 11.8. The zero-order valence-electron chi connectivity index (χ0n) is 12.5. The second-order valence-corrected chi connectivity index (χ2v) is 6.55. The molecule has 118 valence electrons. The molecule has 0 aliphatic heterocycles. The summed E-state index contributed by atoms with van der Waals surface area (Å²) < 4.78 is 30.5. The molecule has 0 fully saturated rings. The van der Waals surface area contributed by atoms with E-state index in [9.17, 15) is 13.2 Å². The van der Waals surface area contributed by atoms with Crippen molar-refractivity contribution < 1.29 is 17.9 Å². The molecule has 6 nitrogen and oxygen atoms in total. The predicted octanol–water partition coefficient (Wildman–Crippen LogP) is 1.20. The van der Waals surface area contributed by atoms with Crippen LogP contribution in [0.1, 0.15) is 31.4 Å². The van der Waals surface area contributed by atoms with Crippen molar-refractivity contribution >= 4 is 15.9 Å². The predicted molar refractivity (Wildman–Crippen MR) is 81.6 cm³/mol. The molecule has 21 heavy (non-hydrogen) atoms. The Morgan fingerprint density at radius 3 is 2.38 bits per heavy atom. The Bertz CT molecular complexity index is 555. The SMILES string of the molecule is CCCNC(=O)C[C@@H](NS(C)(=O)=O)c1ccc(OC)cc1. The summed E-state index contributed by atoms with van der Waals surface area (Å²) in [6, 6.07) is 6.36. The standard InChI is InChI=1S/C14H22N2O4S/c1-4-9-15-14(17)10-13(16-21(3,18)19)11-5-7-12(20-2)8-6-11/h5-8,13,16H,4,9-10H2,1-3H3,(H,15,17)/t13-/m1/s1. The Morgan fingerprint density at radius 2 is 1.90 bits per heavy atom. The lowest BCUT2D eigenvalue weighted by Crippen LogP contribution is -2.33. The molecule has 0 saturated carbocycles. The first-order chi connectivity index (χ1) is 9.85. The van der Waals surface area contributed by atoms with Crippen LogP contribution in [0.25, 0.3) is 0 Å². The van der Waals surface area contributed by atoms with Gasteiger partial charge in [-0.25, -0.2) is 13.1 Å². The molecule has 1 atom stereocenters. The van der Waals surface area contributed by atoms with Gasteiger partial charge in [-0.3, -0.25) is 4.79 Å². The van der Waals surface area contributed by atoms with Crippen LogP contribution >= 0.6 is 0 Å². The van der Waals surface area contributed by atoms with Crippen molar-refractivity contribution in [2.75, 3.05) is 19.9 Å². The Morgan fingerprint density at radius 1 is 1.29 bits per heavy atom. The maximum atomic E-state index is 11.8. The Balaban J connectivity index is 2.87. The number of carbonyl (C=O) groups is 1. The summed E-state index contributed by atoms with van der Waals surface area (Å²) in [6.07, 6.45) is 1.96. The van der Waals surface area contributed by atoms with E-state index in [0.717, 1.165) is 12.7 Å². The highest BCUT2D eigenvalue weighted by atomic mass is 32.2. The average Bonchev–Trinajstić information content (AvgIpc) is 2.43. The second kappa shape index (κ2) is 7.99. The lowest BCUT2D eigenvalue weighted by atomic mass is 10.0. The van der Waals surface area contributed by atoms with Gasteiger partial charge in [-0.1, -0.05) is 19.1 Å². The third-order valence-electron chi connectivity index (χ3n) is 2.84. The van der Waals surface area contributed by atoms with Crippen LogP contribution in [0.4, 0.5) is 0 Å². The topological polar surface area (TPSA) is 84.5 Å². The molecule has 0 aliphatic carbocycles. The summed E-state index contributed by atoms with van der Waals surface area (Å²) >= 11 is 0. The number of hydrogen-bond acceptors (Lipinski definition) is 4. The molecular weight excluding hydrogens is 292 g/mol. The van der Waals surface area contributed by atoms with Crippen molar-refractivity contribution in [2.24, 2.45) is 0 Å². The third kappa shape index (κ3) is 6.59. The quantitative estimate of drug-likeness (QED) is 0.755. The molecule has 0 bridgehead atoms. The van der Waals surface area contributed by atoms with Crippen LogP contribution in [-0.4, -0.2) is 34.2 Å². The van der Waals surface area contributed by atoms with Crippen molar-refractivity contribution in [1.82, 2.24) is 10.0 Å². The fourth-order valence-electron chi connectivity index (χ4n) is 1.84. The molecular formula is C14H22N2O4S. The number of rotatable bonds is 8. The highest BCUT2D eigenvalue weighted by Gasteiger charge is 2.19. The average molecular weight is 314 g/mol. The Kier molecular flexibility index (Phi) is 6.64. The van der Waals surface area contributed by atoms with Gasteiger partial charge in [-0.2, -0.15) is 0 Å². The summed E-state index contributed by atoms with van der Waals surface area (Å²) in [4.78, 5) is 11.8.